The molecule has 0 bridgehead atoms. The van der Waals surface area contributed by atoms with E-state index in [-0.39, 0.29) is 12.5 Å². The molecule has 6 nitrogen and oxygen atoms in total. The molecule has 3 aromatic heterocycles. The Balaban J connectivity index is 1.63. The van der Waals surface area contributed by atoms with Gasteiger partial charge in [0, 0.05) is 24.1 Å². The quantitative estimate of drug-likeness (QED) is 0.578. The molecule has 0 saturated carbocycles. The Morgan fingerprint density at radius 1 is 1.12 bits per heavy atom. The van der Waals surface area contributed by atoms with E-state index in [0.717, 1.165) is 40.2 Å². The number of rotatable bonds is 6. The molecule has 0 fully saturated rings. The van der Waals surface area contributed by atoms with Crippen molar-refractivity contribution in [2.24, 2.45) is 5.92 Å². The number of benzene rings is 1. The molecule has 1 atom stereocenters. The van der Waals surface area contributed by atoms with Crippen LogP contribution in [0.15, 0.2) is 54.7 Å². The van der Waals surface area contributed by atoms with Gasteiger partial charge in [0.15, 0.2) is 11.5 Å². The van der Waals surface area contributed by atoms with Crippen LogP contribution in [0.1, 0.15) is 13.3 Å². The largest absolute Gasteiger partial charge is 0.493 e. The third-order valence-electron chi connectivity index (χ3n) is 4.52. The zero-order chi connectivity index (χ0) is 17.9. The first kappa shape index (κ1) is 16.5. The highest BCUT2D eigenvalue weighted by molar-refractivity contribution is 5.82. The lowest BCUT2D eigenvalue weighted by atomic mass is 10.1. The van der Waals surface area contributed by atoms with Gasteiger partial charge in [-0.1, -0.05) is 19.1 Å². The lowest BCUT2D eigenvalue weighted by Gasteiger charge is -2.13. The minimum Gasteiger partial charge on any atom is -0.493 e. The predicted molar refractivity (Wildman–Crippen MR) is 100 cm³/mol. The van der Waals surface area contributed by atoms with E-state index in [9.17, 15) is 5.11 Å². The van der Waals surface area contributed by atoms with Crippen LogP contribution in [0, 0.1) is 5.92 Å². The maximum absolute atomic E-state index is 9.27. The highest BCUT2D eigenvalue weighted by atomic mass is 16.5. The highest BCUT2D eigenvalue weighted by Gasteiger charge is 2.10. The zero-order valence-corrected chi connectivity index (χ0v) is 14.5. The van der Waals surface area contributed by atoms with E-state index in [0.29, 0.717) is 6.61 Å². The minimum atomic E-state index is 0.140. The summed E-state index contributed by atoms with van der Waals surface area (Å²) in [5.41, 5.74) is 2.44. The van der Waals surface area contributed by atoms with Crippen LogP contribution in [0.25, 0.3) is 28.1 Å². The van der Waals surface area contributed by atoms with Crippen LogP contribution >= 0.6 is 0 Å². The van der Waals surface area contributed by atoms with Gasteiger partial charge in [0.25, 0.3) is 0 Å². The average molecular weight is 348 g/mol. The van der Waals surface area contributed by atoms with Crippen molar-refractivity contribution in [3.05, 3.63) is 54.7 Å². The lowest BCUT2D eigenvalue weighted by Crippen LogP contribution is -2.14. The third-order valence-corrected chi connectivity index (χ3v) is 4.52. The summed E-state index contributed by atoms with van der Waals surface area (Å²) in [6.45, 7) is 2.70. The molecule has 1 aromatic carbocycles. The Morgan fingerprint density at radius 2 is 2.04 bits per heavy atom. The first-order chi connectivity index (χ1) is 12.8. The number of hydrogen-bond acceptors (Lipinski definition) is 5. The van der Waals surface area contributed by atoms with Gasteiger partial charge in [0.05, 0.1) is 12.1 Å². The SMILES string of the molecule is CCC(CO)COc1ccc2nc(-c3nnc4ccccn34)ccc2c1. The van der Waals surface area contributed by atoms with Crippen molar-refractivity contribution in [3.63, 3.8) is 0 Å². The average Bonchev–Trinajstić information content (AvgIpc) is 3.12. The maximum Gasteiger partial charge on any atom is 0.187 e. The number of hydrogen-bond donors (Lipinski definition) is 1. The topological polar surface area (TPSA) is 72.5 Å². The summed E-state index contributed by atoms with van der Waals surface area (Å²) in [5, 5.41) is 18.7. The van der Waals surface area contributed by atoms with Gasteiger partial charge in [0.2, 0.25) is 0 Å². The van der Waals surface area contributed by atoms with E-state index in [4.69, 9.17) is 9.72 Å². The molecule has 26 heavy (non-hydrogen) atoms. The van der Waals surface area contributed by atoms with E-state index >= 15 is 0 Å². The number of ether oxygens (including phenoxy) is 1. The Kier molecular flexibility index (Phi) is 4.50. The number of aromatic nitrogens is 4. The van der Waals surface area contributed by atoms with Crippen molar-refractivity contribution in [1.82, 2.24) is 19.6 Å². The molecule has 3 heterocycles. The van der Waals surface area contributed by atoms with Gasteiger partial charge in [-0.15, -0.1) is 10.2 Å². The van der Waals surface area contributed by atoms with Crippen molar-refractivity contribution < 1.29 is 9.84 Å². The van der Waals surface area contributed by atoms with E-state index < -0.39 is 0 Å². The van der Waals surface area contributed by atoms with Gasteiger partial charge in [-0.2, -0.15) is 0 Å². The minimum absolute atomic E-state index is 0.140. The number of aliphatic hydroxyl groups excluding tert-OH is 1. The molecule has 0 aliphatic carbocycles. The maximum atomic E-state index is 9.27. The third kappa shape index (κ3) is 3.11. The van der Waals surface area contributed by atoms with Gasteiger partial charge in [0.1, 0.15) is 11.4 Å². The van der Waals surface area contributed by atoms with Crippen LogP contribution in [0.3, 0.4) is 0 Å². The Hall–Kier alpha value is -2.99. The normalized spacial score (nSPS) is 12.5. The fraction of sp³-hybridized carbons (Fsp3) is 0.250. The fourth-order valence-electron chi connectivity index (χ4n) is 2.85. The van der Waals surface area contributed by atoms with Crippen LogP contribution < -0.4 is 4.74 Å². The van der Waals surface area contributed by atoms with Gasteiger partial charge in [-0.05, 0) is 42.8 Å². The number of fused-ring (bicyclic) bond motifs is 2. The van der Waals surface area contributed by atoms with Gasteiger partial charge >= 0.3 is 0 Å². The first-order valence-corrected chi connectivity index (χ1v) is 8.73. The van der Waals surface area contributed by atoms with E-state index in [1.165, 1.54) is 0 Å². The van der Waals surface area contributed by atoms with E-state index in [1.807, 2.05) is 66.1 Å². The molecule has 4 aromatic rings. The summed E-state index contributed by atoms with van der Waals surface area (Å²) in [6.07, 6.45) is 2.82. The number of nitrogens with zero attached hydrogens (tertiary/aromatic N) is 4. The standard InChI is InChI=1S/C20H20N4O2/c1-2-14(12-25)13-26-16-7-9-17-15(11-16)6-8-18(21-17)20-23-22-19-5-3-4-10-24(19)20/h3-11,14,25H,2,12-13H2,1H3. The second-order valence-electron chi connectivity index (χ2n) is 6.27. The van der Waals surface area contributed by atoms with Crippen molar-refractivity contribution >= 4 is 16.6 Å². The Labute approximate surface area is 151 Å². The molecule has 1 N–H and O–H groups in total. The van der Waals surface area contributed by atoms with E-state index in [2.05, 4.69) is 10.2 Å². The van der Waals surface area contributed by atoms with Crippen molar-refractivity contribution in [3.8, 4) is 17.3 Å². The molecule has 1 unspecified atom stereocenters. The van der Waals surface area contributed by atoms with Crippen molar-refractivity contribution in [2.45, 2.75) is 13.3 Å². The van der Waals surface area contributed by atoms with Crippen LogP contribution in [0.4, 0.5) is 0 Å². The molecule has 0 spiro atoms. The van der Waals surface area contributed by atoms with Crippen LogP contribution in [-0.2, 0) is 0 Å². The van der Waals surface area contributed by atoms with Crippen LogP contribution in [0.5, 0.6) is 5.75 Å². The molecule has 132 valence electrons. The Bertz CT molecular complexity index is 1040. The van der Waals surface area contributed by atoms with Crippen LogP contribution in [-0.4, -0.2) is 37.9 Å². The summed E-state index contributed by atoms with van der Waals surface area (Å²) >= 11 is 0. The fourth-order valence-corrected chi connectivity index (χ4v) is 2.85. The molecular weight excluding hydrogens is 328 g/mol. The molecular formula is C20H20N4O2. The number of pyridine rings is 2. The Morgan fingerprint density at radius 3 is 2.88 bits per heavy atom. The zero-order valence-electron chi connectivity index (χ0n) is 14.5. The molecule has 0 amide bonds. The smallest absolute Gasteiger partial charge is 0.187 e. The van der Waals surface area contributed by atoms with Crippen molar-refractivity contribution in [2.75, 3.05) is 13.2 Å². The second-order valence-corrected chi connectivity index (χ2v) is 6.27. The van der Waals surface area contributed by atoms with E-state index in [1.54, 1.807) is 0 Å². The molecule has 0 aliphatic heterocycles. The van der Waals surface area contributed by atoms with Gasteiger partial charge < -0.3 is 9.84 Å². The highest BCUT2D eigenvalue weighted by Crippen LogP contribution is 2.24. The second kappa shape index (κ2) is 7.09. The number of aliphatic hydroxyl groups is 1. The summed E-state index contributed by atoms with van der Waals surface area (Å²) < 4.78 is 7.73. The molecule has 0 radical (unpaired) electrons. The van der Waals surface area contributed by atoms with Gasteiger partial charge in [-0.25, -0.2) is 4.98 Å². The summed E-state index contributed by atoms with van der Waals surface area (Å²) in [7, 11) is 0. The first-order valence-electron chi connectivity index (χ1n) is 8.73. The predicted octanol–water partition coefficient (Wildman–Crippen LogP) is 3.34. The van der Waals surface area contributed by atoms with Crippen molar-refractivity contribution in [1.29, 1.82) is 0 Å². The molecule has 0 saturated heterocycles. The molecule has 4 rings (SSSR count). The van der Waals surface area contributed by atoms with Crippen LogP contribution in [0.2, 0.25) is 0 Å². The summed E-state index contributed by atoms with van der Waals surface area (Å²) in [5.74, 6) is 1.66. The molecule has 0 aliphatic rings. The summed E-state index contributed by atoms with van der Waals surface area (Å²) in [6, 6.07) is 15.6. The lowest BCUT2D eigenvalue weighted by molar-refractivity contribution is 0.160. The van der Waals surface area contributed by atoms with Gasteiger partial charge in [-0.3, -0.25) is 4.40 Å². The monoisotopic (exact) mass is 348 g/mol. The summed E-state index contributed by atoms with van der Waals surface area (Å²) in [4.78, 5) is 4.72. The molecule has 6 heteroatoms.